The second kappa shape index (κ2) is 12.3. The van der Waals surface area contributed by atoms with Crippen LogP contribution in [-0.2, 0) is 4.79 Å². The minimum absolute atomic E-state index is 0.106. The molecule has 0 aliphatic heterocycles. The average molecular weight is 383 g/mol. The van der Waals surface area contributed by atoms with E-state index in [9.17, 15) is 20.1 Å². The van der Waals surface area contributed by atoms with Gasteiger partial charge < -0.3 is 20.4 Å². The van der Waals surface area contributed by atoms with Crippen LogP contribution in [0.5, 0.6) is 0 Å². The smallest absolute Gasteiger partial charge is 0.305 e. The molecule has 0 aromatic heterocycles. The van der Waals surface area contributed by atoms with Gasteiger partial charge in [-0.05, 0) is 44.4 Å². The van der Waals surface area contributed by atoms with Gasteiger partial charge in [-0.3, -0.25) is 4.79 Å². The molecule has 2 unspecified atom stereocenters. The Balaban J connectivity index is 2.43. The minimum Gasteiger partial charge on any atom is -0.481 e. The first-order valence-corrected chi connectivity index (χ1v) is 10.4. The summed E-state index contributed by atoms with van der Waals surface area (Å²) in [5, 5.41) is 39.1. The Morgan fingerprint density at radius 3 is 2.67 bits per heavy atom. The van der Waals surface area contributed by atoms with Gasteiger partial charge in [0.25, 0.3) is 0 Å². The first-order valence-electron chi connectivity index (χ1n) is 10.4. The Kier molecular flexibility index (Phi) is 10.9. The summed E-state index contributed by atoms with van der Waals surface area (Å²) in [4.78, 5) is 10.6. The number of carboxylic acids is 1. The Labute approximate surface area is 163 Å². The monoisotopic (exact) mass is 382 g/mol. The van der Waals surface area contributed by atoms with Gasteiger partial charge in [0.2, 0.25) is 0 Å². The highest BCUT2D eigenvalue weighted by Gasteiger charge is 2.32. The van der Waals surface area contributed by atoms with E-state index in [-0.39, 0.29) is 18.4 Å². The van der Waals surface area contributed by atoms with Crippen molar-refractivity contribution in [2.75, 3.05) is 0 Å². The molecule has 5 nitrogen and oxygen atoms in total. The van der Waals surface area contributed by atoms with Crippen molar-refractivity contribution in [3.8, 4) is 0 Å². The number of aliphatic carboxylic acids is 1. The molecule has 0 bridgehead atoms. The predicted molar refractivity (Wildman–Crippen MR) is 107 cm³/mol. The van der Waals surface area contributed by atoms with Crippen molar-refractivity contribution in [2.24, 2.45) is 11.8 Å². The SMILES string of the molecule is C=CC(O)(CC=C[C@@H]1[C@@H](CCCCC(O)CC(=O)O)CC[C@H]1O)CCCC. The standard InChI is InChI=1S/C22H38O5/c1-3-5-14-22(27,4-2)15-8-11-19-17(12-13-20(19)24)9-6-7-10-18(23)16-21(25)26/h4,8,11,17-20,23-24,27H,2-3,5-7,9-10,12-16H2,1H3,(H,25,26)/t17-,18?,19+,20+,22?/m0/s1. The summed E-state index contributed by atoms with van der Waals surface area (Å²) in [5.41, 5.74) is -0.869. The Morgan fingerprint density at radius 2 is 2.04 bits per heavy atom. The van der Waals surface area contributed by atoms with Gasteiger partial charge in [0.15, 0.2) is 0 Å². The van der Waals surface area contributed by atoms with Crippen molar-refractivity contribution in [3.05, 3.63) is 24.8 Å². The highest BCUT2D eigenvalue weighted by molar-refractivity contribution is 5.67. The van der Waals surface area contributed by atoms with Crippen LogP contribution in [-0.4, -0.2) is 44.2 Å². The second-order valence-electron chi connectivity index (χ2n) is 8.06. The molecule has 4 N–H and O–H groups in total. The maximum absolute atomic E-state index is 10.6. The van der Waals surface area contributed by atoms with Gasteiger partial charge in [0.05, 0.1) is 24.2 Å². The van der Waals surface area contributed by atoms with E-state index in [1.165, 1.54) is 0 Å². The van der Waals surface area contributed by atoms with Crippen LogP contribution in [0, 0.1) is 11.8 Å². The van der Waals surface area contributed by atoms with Crippen LogP contribution in [0.1, 0.15) is 77.6 Å². The van der Waals surface area contributed by atoms with E-state index < -0.39 is 17.7 Å². The number of carboxylic acid groups (broad SMARTS) is 1. The van der Waals surface area contributed by atoms with Crippen molar-refractivity contribution in [1.29, 1.82) is 0 Å². The van der Waals surface area contributed by atoms with E-state index in [4.69, 9.17) is 5.11 Å². The molecular weight excluding hydrogens is 344 g/mol. The maximum Gasteiger partial charge on any atom is 0.305 e. The third-order valence-corrected chi connectivity index (χ3v) is 5.77. The molecule has 5 heteroatoms. The second-order valence-corrected chi connectivity index (χ2v) is 8.06. The van der Waals surface area contributed by atoms with E-state index in [0.717, 1.165) is 44.9 Å². The van der Waals surface area contributed by atoms with E-state index >= 15 is 0 Å². The highest BCUT2D eigenvalue weighted by Crippen LogP contribution is 2.37. The lowest BCUT2D eigenvalue weighted by atomic mass is 9.87. The van der Waals surface area contributed by atoms with Crippen LogP contribution in [0.2, 0.25) is 0 Å². The molecule has 0 aromatic carbocycles. The molecule has 0 heterocycles. The fraction of sp³-hybridized carbons (Fsp3) is 0.773. The number of aliphatic hydroxyl groups excluding tert-OH is 2. The first-order chi connectivity index (χ1) is 12.8. The van der Waals surface area contributed by atoms with Crippen LogP contribution in [0.25, 0.3) is 0 Å². The van der Waals surface area contributed by atoms with Gasteiger partial charge in [0, 0.05) is 5.92 Å². The molecule has 0 amide bonds. The predicted octanol–water partition coefficient (Wildman–Crippen LogP) is 3.82. The van der Waals surface area contributed by atoms with Crippen molar-refractivity contribution < 1.29 is 25.2 Å². The third-order valence-electron chi connectivity index (χ3n) is 5.77. The highest BCUT2D eigenvalue weighted by atomic mass is 16.4. The zero-order valence-corrected chi connectivity index (χ0v) is 16.7. The maximum atomic E-state index is 10.6. The molecule has 0 radical (unpaired) electrons. The summed E-state index contributed by atoms with van der Waals surface area (Å²) in [5.74, 6) is -0.459. The summed E-state index contributed by atoms with van der Waals surface area (Å²) >= 11 is 0. The fourth-order valence-corrected chi connectivity index (χ4v) is 4.00. The molecule has 27 heavy (non-hydrogen) atoms. The molecule has 1 rings (SSSR count). The Hall–Kier alpha value is -1.17. The number of hydrogen-bond donors (Lipinski definition) is 4. The van der Waals surface area contributed by atoms with E-state index in [0.29, 0.717) is 25.2 Å². The lowest BCUT2D eigenvalue weighted by molar-refractivity contribution is -0.139. The average Bonchev–Trinajstić information content (AvgIpc) is 2.96. The molecule has 156 valence electrons. The number of carbonyl (C=O) groups is 1. The normalized spacial score (nSPS) is 26.1. The molecule has 5 atom stereocenters. The van der Waals surface area contributed by atoms with Gasteiger partial charge in [-0.2, -0.15) is 0 Å². The van der Waals surface area contributed by atoms with Crippen LogP contribution < -0.4 is 0 Å². The number of aliphatic hydroxyl groups is 3. The molecule has 1 fully saturated rings. The lowest BCUT2D eigenvalue weighted by Gasteiger charge is -2.23. The first kappa shape index (κ1) is 23.9. The van der Waals surface area contributed by atoms with Gasteiger partial charge in [0.1, 0.15) is 0 Å². The van der Waals surface area contributed by atoms with Crippen LogP contribution in [0.3, 0.4) is 0 Å². The van der Waals surface area contributed by atoms with Gasteiger partial charge in [-0.1, -0.05) is 50.8 Å². The van der Waals surface area contributed by atoms with Gasteiger partial charge in [-0.15, -0.1) is 6.58 Å². The van der Waals surface area contributed by atoms with Crippen molar-refractivity contribution in [1.82, 2.24) is 0 Å². The number of unbranched alkanes of at least 4 members (excludes halogenated alkanes) is 2. The zero-order valence-electron chi connectivity index (χ0n) is 16.7. The molecule has 0 aromatic rings. The molecule has 0 saturated heterocycles. The van der Waals surface area contributed by atoms with Crippen molar-refractivity contribution >= 4 is 5.97 Å². The summed E-state index contributed by atoms with van der Waals surface area (Å²) in [6, 6.07) is 0. The largest absolute Gasteiger partial charge is 0.481 e. The Bertz CT molecular complexity index is 475. The van der Waals surface area contributed by atoms with Gasteiger partial charge in [-0.25, -0.2) is 0 Å². The van der Waals surface area contributed by atoms with Crippen LogP contribution in [0.4, 0.5) is 0 Å². The van der Waals surface area contributed by atoms with Crippen molar-refractivity contribution in [2.45, 2.75) is 95.4 Å². The summed E-state index contributed by atoms with van der Waals surface area (Å²) in [6.45, 7) is 5.85. The quantitative estimate of drug-likeness (QED) is 0.270. The number of hydrogen-bond acceptors (Lipinski definition) is 4. The molecule has 1 aliphatic rings. The molecule has 1 aliphatic carbocycles. The van der Waals surface area contributed by atoms with Crippen LogP contribution in [0.15, 0.2) is 24.8 Å². The minimum atomic E-state index is -0.968. The number of rotatable bonds is 14. The summed E-state index contributed by atoms with van der Waals surface area (Å²) in [6.07, 6.45) is 12.5. The summed E-state index contributed by atoms with van der Waals surface area (Å²) in [7, 11) is 0. The van der Waals surface area contributed by atoms with Crippen LogP contribution >= 0.6 is 0 Å². The molecule has 1 saturated carbocycles. The van der Waals surface area contributed by atoms with E-state index in [1.807, 2.05) is 6.08 Å². The fourth-order valence-electron chi connectivity index (χ4n) is 4.00. The topological polar surface area (TPSA) is 98.0 Å². The lowest BCUT2D eigenvalue weighted by Crippen LogP contribution is -2.24. The zero-order chi connectivity index (χ0) is 20.3. The van der Waals surface area contributed by atoms with Gasteiger partial charge >= 0.3 is 5.97 Å². The van der Waals surface area contributed by atoms with E-state index in [1.54, 1.807) is 6.08 Å². The van der Waals surface area contributed by atoms with Crippen molar-refractivity contribution in [3.63, 3.8) is 0 Å². The van der Waals surface area contributed by atoms with E-state index in [2.05, 4.69) is 19.6 Å². The summed E-state index contributed by atoms with van der Waals surface area (Å²) < 4.78 is 0. The third kappa shape index (κ3) is 9.04. The Morgan fingerprint density at radius 1 is 1.30 bits per heavy atom. The molecule has 0 spiro atoms. The molecular formula is C22H38O5.